The van der Waals surface area contributed by atoms with E-state index in [2.05, 4.69) is 12.1 Å². The quantitative estimate of drug-likeness (QED) is 0.876. The van der Waals surface area contributed by atoms with Gasteiger partial charge in [-0.25, -0.2) is 0 Å². The first-order valence-electron chi connectivity index (χ1n) is 6.75. The standard InChI is InChI=1S/C17H21NO2/c1-19-15-8-3-13(4-9-15)5-12-17(18)14-6-10-16(20-2)11-7-14/h3-4,6-11,17H,5,12,18H2,1-2H3. The monoisotopic (exact) mass is 271 g/mol. The van der Waals surface area contributed by atoms with Crippen LogP contribution in [0.2, 0.25) is 0 Å². The number of hydrogen-bond acceptors (Lipinski definition) is 3. The zero-order valence-corrected chi connectivity index (χ0v) is 12.0. The van der Waals surface area contributed by atoms with E-state index in [1.54, 1.807) is 14.2 Å². The third-order valence-corrected chi connectivity index (χ3v) is 3.45. The normalized spacial score (nSPS) is 11.9. The van der Waals surface area contributed by atoms with Crippen LogP contribution >= 0.6 is 0 Å². The Labute approximate surface area is 120 Å². The first-order chi connectivity index (χ1) is 9.72. The molecule has 0 aromatic heterocycles. The molecule has 0 bridgehead atoms. The minimum atomic E-state index is 0.0445. The molecule has 0 aliphatic rings. The van der Waals surface area contributed by atoms with Crippen LogP contribution in [0.15, 0.2) is 48.5 Å². The van der Waals surface area contributed by atoms with Crippen molar-refractivity contribution in [2.45, 2.75) is 18.9 Å². The fourth-order valence-electron chi connectivity index (χ4n) is 2.13. The number of hydrogen-bond donors (Lipinski definition) is 1. The SMILES string of the molecule is COc1ccc(CCC(N)c2ccc(OC)cc2)cc1. The molecule has 3 heteroatoms. The Morgan fingerprint density at radius 2 is 1.35 bits per heavy atom. The molecule has 106 valence electrons. The lowest BCUT2D eigenvalue weighted by Gasteiger charge is -2.12. The van der Waals surface area contributed by atoms with Gasteiger partial charge in [-0.3, -0.25) is 0 Å². The predicted molar refractivity (Wildman–Crippen MR) is 81.2 cm³/mol. The third-order valence-electron chi connectivity index (χ3n) is 3.45. The predicted octanol–water partition coefficient (Wildman–Crippen LogP) is 3.34. The van der Waals surface area contributed by atoms with Crippen molar-refractivity contribution in [3.63, 3.8) is 0 Å². The number of rotatable bonds is 6. The minimum absolute atomic E-state index is 0.0445. The van der Waals surface area contributed by atoms with Gasteiger partial charge in [-0.15, -0.1) is 0 Å². The van der Waals surface area contributed by atoms with Gasteiger partial charge in [-0.2, -0.15) is 0 Å². The molecule has 1 unspecified atom stereocenters. The Balaban J connectivity index is 1.91. The van der Waals surface area contributed by atoms with Crippen LogP contribution in [-0.4, -0.2) is 14.2 Å². The van der Waals surface area contributed by atoms with Crippen LogP contribution in [-0.2, 0) is 6.42 Å². The third kappa shape index (κ3) is 3.75. The highest BCUT2D eigenvalue weighted by molar-refractivity contribution is 5.30. The van der Waals surface area contributed by atoms with E-state index in [0.29, 0.717) is 0 Å². The van der Waals surface area contributed by atoms with Crippen molar-refractivity contribution in [2.75, 3.05) is 14.2 Å². The average Bonchev–Trinajstić information content (AvgIpc) is 2.53. The van der Waals surface area contributed by atoms with Gasteiger partial charge >= 0.3 is 0 Å². The smallest absolute Gasteiger partial charge is 0.118 e. The van der Waals surface area contributed by atoms with Crippen molar-refractivity contribution in [1.82, 2.24) is 0 Å². The number of methoxy groups -OCH3 is 2. The van der Waals surface area contributed by atoms with Gasteiger partial charge in [-0.05, 0) is 48.2 Å². The molecule has 0 fully saturated rings. The zero-order chi connectivity index (χ0) is 14.4. The molecule has 20 heavy (non-hydrogen) atoms. The zero-order valence-electron chi connectivity index (χ0n) is 12.0. The van der Waals surface area contributed by atoms with Gasteiger partial charge < -0.3 is 15.2 Å². The van der Waals surface area contributed by atoms with Crippen molar-refractivity contribution in [3.05, 3.63) is 59.7 Å². The van der Waals surface area contributed by atoms with Crippen LogP contribution in [0.4, 0.5) is 0 Å². The molecule has 2 N–H and O–H groups in total. The van der Waals surface area contributed by atoms with Gasteiger partial charge in [0, 0.05) is 6.04 Å². The molecule has 0 heterocycles. The van der Waals surface area contributed by atoms with Gasteiger partial charge in [0.2, 0.25) is 0 Å². The molecule has 1 atom stereocenters. The first kappa shape index (κ1) is 14.4. The second-order valence-electron chi connectivity index (χ2n) is 4.77. The summed E-state index contributed by atoms with van der Waals surface area (Å²) in [5, 5.41) is 0. The topological polar surface area (TPSA) is 44.5 Å². The largest absolute Gasteiger partial charge is 0.497 e. The summed E-state index contributed by atoms with van der Waals surface area (Å²) in [6.45, 7) is 0. The van der Waals surface area contributed by atoms with E-state index in [-0.39, 0.29) is 6.04 Å². The summed E-state index contributed by atoms with van der Waals surface area (Å²) in [7, 11) is 3.34. The Bertz CT molecular complexity index is 520. The summed E-state index contributed by atoms with van der Waals surface area (Å²) in [5.41, 5.74) is 8.64. The van der Waals surface area contributed by atoms with Crippen LogP contribution < -0.4 is 15.2 Å². The maximum absolute atomic E-state index is 6.22. The Morgan fingerprint density at radius 1 is 0.850 bits per heavy atom. The Morgan fingerprint density at radius 3 is 1.85 bits per heavy atom. The number of benzene rings is 2. The number of nitrogens with two attached hydrogens (primary N) is 1. The molecule has 3 nitrogen and oxygen atoms in total. The van der Waals surface area contributed by atoms with Crippen molar-refractivity contribution in [3.8, 4) is 11.5 Å². The fourth-order valence-corrected chi connectivity index (χ4v) is 2.13. The number of ether oxygens (including phenoxy) is 2. The second kappa shape index (κ2) is 6.96. The summed E-state index contributed by atoms with van der Waals surface area (Å²) < 4.78 is 10.3. The van der Waals surface area contributed by atoms with Gasteiger partial charge in [0.15, 0.2) is 0 Å². The Kier molecular flexibility index (Phi) is 5.02. The van der Waals surface area contributed by atoms with E-state index in [1.165, 1.54) is 5.56 Å². The maximum atomic E-state index is 6.22. The van der Waals surface area contributed by atoms with Crippen LogP contribution in [0.3, 0.4) is 0 Å². The van der Waals surface area contributed by atoms with Gasteiger partial charge in [0.1, 0.15) is 11.5 Å². The molecule has 0 amide bonds. The number of aryl methyl sites for hydroxylation is 1. The molecule has 2 rings (SSSR count). The summed E-state index contributed by atoms with van der Waals surface area (Å²) >= 11 is 0. The summed E-state index contributed by atoms with van der Waals surface area (Å²) in [6.07, 6.45) is 1.87. The average molecular weight is 271 g/mol. The van der Waals surface area contributed by atoms with E-state index in [0.717, 1.165) is 29.9 Å². The lowest BCUT2D eigenvalue weighted by molar-refractivity contribution is 0.414. The van der Waals surface area contributed by atoms with Crippen LogP contribution in [0, 0.1) is 0 Å². The lowest BCUT2D eigenvalue weighted by Crippen LogP contribution is -2.11. The molecule has 0 spiro atoms. The molecule has 2 aromatic rings. The van der Waals surface area contributed by atoms with Crippen LogP contribution in [0.5, 0.6) is 11.5 Å². The van der Waals surface area contributed by atoms with Crippen molar-refractivity contribution in [2.24, 2.45) is 5.73 Å². The molecule has 0 saturated carbocycles. The van der Waals surface area contributed by atoms with E-state index < -0.39 is 0 Å². The van der Waals surface area contributed by atoms with E-state index in [9.17, 15) is 0 Å². The summed E-state index contributed by atoms with van der Waals surface area (Å²) in [5.74, 6) is 1.74. The molecule has 0 radical (unpaired) electrons. The van der Waals surface area contributed by atoms with Crippen molar-refractivity contribution in [1.29, 1.82) is 0 Å². The molecule has 0 aliphatic heterocycles. The molecular formula is C17H21NO2. The summed E-state index contributed by atoms with van der Waals surface area (Å²) in [4.78, 5) is 0. The molecule has 0 aliphatic carbocycles. The van der Waals surface area contributed by atoms with Crippen LogP contribution in [0.1, 0.15) is 23.6 Å². The van der Waals surface area contributed by atoms with E-state index in [1.807, 2.05) is 36.4 Å². The maximum Gasteiger partial charge on any atom is 0.118 e. The van der Waals surface area contributed by atoms with E-state index in [4.69, 9.17) is 15.2 Å². The van der Waals surface area contributed by atoms with Crippen molar-refractivity contribution >= 4 is 0 Å². The summed E-state index contributed by atoms with van der Waals surface area (Å²) in [6, 6.07) is 16.1. The first-order valence-corrected chi connectivity index (χ1v) is 6.75. The van der Waals surface area contributed by atoms with Crippen molar-refractivity contribution < 1.29 is 9.47 Å². The molecule has 2 aromatic carbocycles. The van der Waals surface area contributed by atoms with Gasteiger partial charge in [-0.1, -0.05) is 24.3 Å². The Hall–Kier alpha value is -2.00. The van der Waals surface area contributed by atoms with E-state index >= 15 is 0 Å². The molecule has 0 saturated heterocycles. The van der Waals surface area contributed by atoms with Crippen LogP contribution in [0.25, 0.3) is 0 Å². The minimum Gasteiger partial charge on any atom is -0.497 e. The fraction of sp³-hybridized carbons (Fsp3) is 0.294. The molecular weight excluding hydrogens is 250 g/mol. The van der Waals surface area contributed by atoms with Gasteiger partial charge in [0.25, 0.3) is 0 Å². The highest BCUT2D eigenvalue weighted by Gasteiger charge is 2.06. The second-order valence-corrected chi connectivity index (χ2v) is 4.77. The highest BCUT2D eigenvalue weighted by Crippen LogP contribution is 2.20. The lowest BCUT2D eigenvalue weighted by atomic mass is 9.99. The van der Waals surface area contributed by atoms with Gasteiger partial charge in [0.05, 0.1) is 14.2 Å². The highest BCUT2D eigenvalue weighted by atomic mass is 16.5.